The summed E-state index contributed by atoms with van der Waals surface area (Å²) in [6.45, 7) is 0. The van der Waals surface area contributed by atoms with Crippen LogP contribution < -0.4 is 0 Å². The van der Waals surface area contributed by atoms with Gasteiger partial charge in [-0.3, -0.25) is 4.98 Å². The van der Waals surface area contributed by atoms with Crippen LogP contribution in [0.2, 0.25) is 0 Å². The van der Waals surface area contributed by atoms with E-state index in [1.807, 2.05) is 0 Å². The normalized spacial score (nSPS) is 12.0. The van der Waals surface area contributed by atoms with Crippen LogP contribution >= 0.6 is 0 Å². The molecule has 1 N–H and O–H groups in total. The van der Waals surface area contributed by atoms with E-state index in [0.29, 0.717) is 0 Å². The summed E-state index contributed by atoms with van der Waals surface area (Å²) in [4.78, 5) is 9.99. The minimum Gasteiger partial charge on any atom is -0.338 e. The topological polar surface area (TPSA) is 41.6 Å². The number of pyridine rings is 1. The molecule has 0 saturated heterocycles. The van der Waals surface area contributed by atoms with Crippen LogP contribution in [0.4, 0.5) is 22.0 Å². The monoisotopic (exact) mass is 299 g/mol. The first-order valence-electron chi connectivity index (χ1n) is 5.73. The highest BCUT2D eigenvalue weighted by Gasteiger charge is 2.32. The van der Waals surface area contributed by atoms with Crippen LogP contribution in [-0.2, 0) is 6.18 Å². The van der Waals surface area contributed by atoms with Crippen molar-refractivity contribution in [2.75, 3.05) is 0 Å². The van der Waals surface area contributed by atoms with Crippen molar-refractivity contribution in [2.45, 2.75) is 6.18 Å². The number of alkyl halides is 3. The number of hydrogen-bond acceptors (Lipinski definition) is 2. The number of H-pyrrole nitrogens is 1. The number of imidazole rings is 1. The number of aromatic amines is 1. The molecule has 3 nitrogen and oxygen atoms in total. The van der Waals surface area contributed by atoms with Gasteiger partial charge in [0.25, 0.3) is 0 Å². The van der Waals surface area contributed by atoms with Gasteiger partial charge in [-0.15, -0.1) is 0 Å². The number of fused-ring (bicyclic) bond motifs is 1. The predicted octanol–water partition coefficient (Wildman–Crippen LogP) is 3.92. The van der Waals surface area contributed by atoms with Crippen molar-refractivity contribution in [3.8, 4) is 11.4 Å². The Kier molecular flexibility index (Phi) is 2.89. The number of hydrogen-bond donors (Lipinski definition) is 1. The van der Waals surface area contributed by atoms with Gasteiger partial charge in [-0.2, -0.15) is 13.2 Å². The SMILES string of the molecule is Fc1cc2nc(-c3ccc(C(F)(F)F)nc3)[nH]c2cc1F. The average molecular weight is 299 g/mol. The molecule has 0 unspecified atom stereocenters. The maximum absolute atomic E-state index is 13.1. The summed E-state index contributed by atoms with van der Waals surface area (Å²) in [5, 5.41) is 0. The highest BCUT2D eigenvalue weighted by Crippen LogP contribution is 2.29. The Balaban J connectivity index is 2.04. The summed E-state index contributed by atoms with van der Waals surface area (Å²) in [5.74, 6) is -1.91. The summed E-state index contributed by atoms with van der Waals surface area (Å²) in [6.07, 6.45) is -3.54. The number of benzene rings is 1. The molecular formula is C13H6F5N3. The van der Waals surface area contributed by atoms with Crippen molar-refractivity contribution in [3.05, 3.63) is 47.8 Å². The molecule has 2 heterocycles. The standard InChI is InChI=1S/C13H6F5N3/c14-7-3-9-10(4-8(7)15)21-12(20-9)6-1-2-11(19-5-6)13(16,17)18/h1-5H,(H,20,21). The van der Waals surface area contributed by atoms with Gasteiger partial charge >= 0.3 is 6.18 Å². The summed E-state index contributed by atoms with van der Waals surface area (Å²) in [7, 11) is 0. The second kappa shape index (κ2) is 4.51. The summed E-state index contributed by atoms with van der Waals surface area (Å²) < 4.78 is 63.4. The Morgan fingerprint density at radius 1 is 1.00 bits per heavy atom. The molecule has 1 aromatic carbocycles. The number of rotatable bonds is 1. The van der Waals surface area contributed by atoms with Crippen LogP contribution in [0.15, 0.2) is 30.5 Å². The molecule has 0 amide bonds. The van der Waals surface area contributed by atoms with E-state index in [9.17, 15) is 22.0 Å². The summed E-state index contributed by atoms with van der Waals surface area (Å²) in [5.41, 5.74) is -0.341. The molecule has 0 aliphatic heterocycles. The van der Waals surface area contributed by atoms with E-state index in [-0.39, 0.29) is 22.4 Å². The van der Waals surface area contributed by atoms with Gasteiger partial charge < -0.3 is 4.98 Å². The van der Waals surface area contributed by atoms with Crippen LogP contribution in [0.3, 0.4) is 0 Å². The lowest BCUT2D eigenvalue weighted by molar-refractivity contribution is -0.141. The Morgan fingerprint density at radius 2 is 1.71 bits per heavy atom. The molecule has 0 saturated carbocycles. The maximum atomic E-state index is 13.1. The highest BCUT2D eigenvalue weighted by molar-refractivity contribution is 5.79. The third kappa shape index (κ3) is 2.44. The average Bonchev–Trinajstić information content (AvgIpc) is 2.81. The lowest BCUT2D eigenvalue weighted by Gasteiger charge is -2.05. The second-order valence-electron chi connectivity index (χ2n) is 4.30. The Morgan fingerprint density at radius 3 is 2.33 bits per heavy atom. The van der Waals surface area contributed by atoms with Crippen LogP contribution in [0, 0.1) is 11.6 Å². The van der Waals surface area contributed by atoms with Crippen molar-refractivity contribution in [1.29, 1.82) is 0 Å². The van der Waals surface area contributed by atoms with Gasteiger partial charge in [0.05, 0.1) is 11.0 Å². The first kappa shape index (κ1) is 13.5. The number of halogens is 5. The molecule has 3 rings (SSSR count). The van der Waals surface area contributed by atoms with E-state index in [4.69, 9.17) is 0 Å². The fraction of sp³-hybridized carbons (Fsp3) is 0.0769. The van der Waals surface area contributed by atoms with Crippen molar-refractivity contribution < 1.29 is 22.0 Å². The molecule has 3 aromatic rings. The molecule has 0 radical (unpaired) electrons. The van der Waals surface area contributed by atoms with Gasteiger partial charge in [0.1, 0.15) is 11.5 Å². The Labute approximate surface area is 114 Å². The lowest BCUT2D eigenvalue weighted by Crippen LogP contribution is -2.07. The third-order valence-electron chi connectivity index (χ3n) is 2.85. The smallest absolute Gasteiger partial charge is 0.338 e. The summed E-state index contributed by atoms with van der Waals surface area (Å²) in [6, 6.07) is 3.82. The fourth-order valence-corrected chi connectivity index (χ4v) is 1.84. The van der Waals surface area contributed by atoms with Crippen LogP contribution in [0.1, 0.15) is 5.69 Å². The molecule has 0 atom stereocenters. The van der Waals surface area contributed by atoms with Gasteiger partial charge in [-0.1, -0.05) is 0 Å². The van der Waals surface area contributed by atoms with E-state index < -0.39 is 23.5 Å². The molecule has 0 aliphatic rings. The van der Waals surface area contributed by atoms with Crippen molar-refractivity contribution in [1.82, 2.24) is 15.0 Å². The Hall–Kier alpha value is -2.51. The molecule has 108 valence electrons. The van der Waals surface area contributed by atoms with Gasteiger partial charge in [0, 0.05) is 23.9 Å². The third-order valence-corrected chi connectivity index (χ3v) is 2.85. The van der Waals surface area contributed by atoms with E-state index in [1.54, 1.807) is 0 Å². The van der Waals surface area contributed by atoms with Crippen molar-refractivity contribution in [2.24, 2.45) is 0 Å². The van der Waals surface area contributed by atoms with Crippen LogP contribution in [-0.4, -0.2) is 15.0 Å². The Bertz CT molecular complexity index is 766. The first-order valence-corrected chi connectivity index (χ1v) is 5.73. The summed E-state index contributed by atoms with van der Waals surface area (Å²) >= 11 is 0. The van der Waals surface area contributed by atoms with Crippen LogP contribution in [0.25, 0.3) is 22.4 Å². The molecule has 8 heteroatoms. The van der Waals surface area contributed by atoms with Crippen LogP contribution in [0.5, 0.6) is 0 Å². The molecule has 21 heavy (non-hydrogen) atoms. The number of aromatic nitrogens is 3. The minimum absolute atomic E-state index is 0.170. The molecule has 0 aliphatic carbocycles. The molecule has 0 spiro atoms. The van der Waals surface area contributed by atoms with Gasteiger partial charge in [-0.05, 0) is 12.1 Å². The van der Waals surface area contributed by atoms with Crippen molar-refractivity contribution >= 4 is 11.0 Å². The zero-order valence-corrected chi connectivity index (χ0v) is 10.2. The van der Waals surface area contributed by atoms with Gasteiger partial charge in [0.2, 0.25) is 0 Å². The van der Waals surface area contributed by atoms with E-state index in [2.05, 4.69) is 15.0 Å². The van der Waals surface area contributed by atoms with Gasteiger partial charge in [-0.25, -0.2) is 13.8 Å². The van der Waals surface area contributed by atoms with E-state index in [1.165, 1.54) is 6.07 Å². The zero-order chi connectivity index (χ0) is 15.2. The van der Waals surface area contributed by atoms with Crippen molar-refractivity contribution in [3.63, 3.8) is 0 Å². The number of nitrogens with one attached hydrogen (secondary N) is 1. The highest BCUT2D eigenvalue weighted by atomic mass is 19.4. The number of nitrogens with zero attached hydrogens (tertiary/aromatic N) is 2. The quantitative estimate of drug-likeness (QED) is 0.692. The largest absolute Gasteiger partial charge is 0.433 e. The second-order valence-corrected chi connectivity index (χ2v) is 4.30. The maximum Gasteiger partial charge on any atom is 0.433 e. The predicted molar refractivity (Wildman–Crippen MR) is 64.2 cm³/mol. The lowest BCUT2D eigenvalue weighted by atomic mass is 10.2. The first-order chi connectivity index (χ1) is 9.84. The van der Waals surface area contributed by atoms with Gasteiger partial charge in [0.15, 0.2) is 11.6 Å². The minimum atomic E-state index is -4.53. The molecule has 2 aromatic heterocycles. The van der Waals surface area contributed by atoms with E-state index >= 15 is 0 Å². The zero-order valence-electron chi connectivity index (χ0n) is 10.2. The molecule has 0 fully saturated rings. The fourth-order valence-electron chi connectivity index (χ4n) is 1.84. The molecule has 0 bridgehead atoms. The van der Waals surface area contributed by atoms with E-state index in [0.717, 1.165) is 24.4 Å². The molecular weight excluding hydrogens is 293 g/mol.